The first kappa shape index (κ1) is 13.3. The van der Waals surface area contributed by atoms with Gasteiger partial charge in [-0.3, -0.25) is 4.79 Å². The molecule has 2 aliphatic rings. The smallest absolute Gasteiger partial charge is 0.326 e. The molecular formula is C13H22N2O3. The van der Waals surface area contributed by atoms with Gasteiger partial charge < -0.3 is 15.3 Å². The fourth-order valence-corrected chi connectivity index (χ4v) is 2.99. The van der Waals surface area contributed by atoms with E-state index in [1.54, 1.807) is 4.90 Å². The van der Waals surface area contributed by atoms with E-state index in [1.165, 1.54) is 0 Å². The Morgan fingerprint density at radius 2 is 2.06 bits per heavy atom. The summed E-state index contributed by atoms with van der Waals surface area (Å²) in [6.07, 6.45) is 5.30. The van der Waals surface area contributed by atoms with Crippen molar-refractivity contribution in [3.8, 4) is 0 Å². The molecule has 2 unspecified atom stereocenters. The van der Waals surface area contributed by atoms with Crippen molar-refractivity contribution in [1.29, 1.82) is 0 Å². The summed E-state index contributed by atoms with van der Waals surface area (Å²) in [5.74, 6) is -0.906. The topological polar surface area (TPSA) is 69.6 Å². The first-order valence-corrected chi connectivity index (χ1v) is 6.83. The van der Waals surface area contributed by atoms with Crippen molar-refractivity contribution in [3.05, 3.63) is 0 Å². The summed E-state index contributed by atoms with van der Waals surface area (Å²) in [6, 6.07) is -0.633. The van der Waals surface area contributed by atoms with Gasteiger partial charge in [-0.05, 0) is 52.0 Å². The Hall–Kier alpha value is -1.10. The normalized spacial score (nSPS) is 33.2. The van der Waals surface area contributed by atoms with E-state index in [0.717, 1.165) is 38.6 Å². The van der Waals surface area contributed by atoms with Crippen LogP contribution >= 0.6 is 0 Å². The van der Waals surface area contributed by atoms with E-state index in [0.29, 0.717) is 13.0 Å². The van der Waals surface area contributed by atoms with Crippen LogP contribution in [0.5, 0.6) is 0 Å². The number of likely N-dealkylation sites (tertiary alicyclic amines) is 1. The summed E-state index contributed by atoms with van der Waals surface area (Å²) >= 11 is 0. The fraction of sp³-hybridized carbons (Fsp3) is 0.846. The summed E-state index contributed by atoms with van der Waals surface area (Å²) in [7, 11) is 0. The standard InChI is InChI=1S/C13H22N2O3/c1-13(7-3-4-8-14-13)12(18)15-9-5-2-6-10(15)11(16)17/h10,14H,2-9H2,1H3,(H,16,17). The van der Waals surface area contributed by atoms with Gasteiger partial charge in [-0.1, -0.05) is 0 Å². The molecule has 1 amide bonds. The number of hydrogen-bond donors (Lipinski definition) is 2. The molecule has 2 heterocycles. The third-order valence-corrected chi connectivity index (χ3v) is 4.14. The van der Waals surface area contributed by atoms with Gasteiger partial charge in [0.05, 0.1) is 5.54 Å². The van der Waals surface area contributed by atoms with E-state index in [4.69, 9.17) is 0 Å². The van der Waals surface area contributed by atoms with Gasteiger partial charge in [0.1, 0.15) is 6.04 Å². The summed E-state index contributed by atoms with van der Waals surface area (Å²) in [4.78, 5) is 25.4. The molecule has 18 heavy (non-hydrogen) atoms. The largest absolute Gasteiger partial charge is 0.480 e. The van der Waals surface area contributed by atoms with Crippen LogP contribution in [-0.4, -0.2) is 46.6 Å². The number of carboxylic acid groups (broad SMARTS) is 1. The maximum Gasteiger partial charge on any atom is 0.326 e. The second-order valence-electron chi connectivity index (χ2n) is 5.56. The van der Waals surface area contributed by atoms with Crippen molar-refractivity contribution in [2.45, 2.75) is 57.0 Å². The number of carbonyl (C=O) groups is 2. The molecule has 0 aromatic rings. The van der Waals surface area contributed by atoms with Gasteiger partial charge in [0, 0.05) is 6.54 Å². The number of aliphatic carboxylic acids is 1. The molecule has 0 aliphatic carbocycles. The van der Waals surface area contributed by atoms with Gasteiger partial charge in [-0.25, -0.2) is 4.79 Å². The number of rotatable bonds is 2. The van der Waals surface area contributed by atoms with Crippen LogP contribution in [0.25, 0.3) is 0 Å². The molecule has 2 atom stereocenters. The first-order chi connectivity index (χ1) is 8.54. The molecule has 0 aromatic carbocycles. The van der Waals surface area contributed by atoms with Crippen molar-refractivity contribution >= 4 is 11.9 Å². The molecule has 0 spiro atoms. The lowest BCUT2D eigenvalue weighted by molar-refractivity contribution is -0.155. The zero-order valence-corrected chi connectivity index (χ0v) is 10.9. The minimum atomic E-state index is -0.873. The molecular weight excluding hydrogens is 232 g/mol. The predicted molar refractivity (Wildman–Crippen MR) is 67.2 cm³/mol. The minimum Gasteiger partial charge on any atom is -0.480 e. The van der Waals surface area contributed by atoms with Crippen LogP contribution in [0.3, 0.4) is 0 Å². The van der Waals surface area contributed by atoms with E-state index in [2.05, 4.69) is 5.32 Å². The molecule has 2 N–H and O–H groups in total. The first-order valence-electron chi connectivity index (χ1n) is 6.83. The van der Waals surface area contributed by atoms with Crippen LogP contribution < -0.4 is 5.32 Å². The molecule has 5 nitrogen and oxygen atoms in total. The second kappa shape index (κ2) is 5.26. The molecule has 2 saturated heterocycles. The van der Waals surface area contributed by atoms with E-state index in [9.17, 15) is 14.7 Å². The molecule has 0 radical (unpaired) electrons. The number of carbonyl (C=O) groups excluding carboxylic acids is 1. The zero-order valence-electron chi connectivity index (χ0n) is 10.9. The number of nitrogens with zero attached hydrogens (tertiary/aromatic N) is 1. The highest BCUT2D eigenvalue weighted by atomic mass is 16.4. The summed E-state index contributed by atoms with van der Waals surface area (Å²) in [5, 5.41) is 12.5. The summed E-state index contributed by atoms with van der Waals surface area (Å²) < 4.78 is 0. The van der Waals surface area contributed by atoms with Gasteiger partial charge in [-0.2, -0.15) is 0 Å². The van der Waals surface area contributed by atoms with Crippen LogP contribution in [0, 0.1) is 0 Å². The van der Waals surface area contributed by atoms with Crippen LogP contribution in [-0.2, 0) is 9.59 Å². The number of carboxylic acids is 1. The molecule has 102 valence electrons. The maximum absolute atomic E-state index is 12.6. The van der Waals surface area contributed by atoms with Gasteiger partial charge in [0.15, 0.2) is 0 Å². The van der Waals surface area contributed by atoms with Crippen molar-refractivity contribution in [1.82, 2.24) is 10.2 Å². The molecule has 2 aliphatic heterocycles. The zero-order chi connectivity index (χ0) is 13.2. The average Bonchev–Trinajstić information content (AvgIpc) is 2.38. The lowest BCUT2D eigenvalue weighted by Crippen LogP contribution is -2.61. The lowest BCUT2D eigenvalue weighted by Gasteiger charge is -2.41. The SMILES string of the molecule is CC1(C(=O)N2CCCCC2C(=O)O)CCCCN1. The van der Waals surface area contributed by atoms with E-state index >= 15 is 0 Å². The van der Waals surface area contributed by atoms with Gasteiger partial charge in [0.2, 0.25) is 5.91 Å². The summed E-state index contributed by atoms with van der Waals surface area (Å²) in [5.41, 5.74) is -0.566. The van der Waals surface area contributed by atoms with Crippen molar-refractivity contribution in [2.24, 2.45) is 0 Å². The molecule has 0 aromatic heterocycles. The number of nitrogens with one attached hydrogen (secondary N) is 1. The third-order valence-electron chi connectivity index (χ3n) is 4.14. The molecule has 5 heteroatoms. The monoisotopic (exact) mass is 254 g/mol. The number of amides is 1. The lowest BCUT2D eigenvalue weighted by atomic mass is 9.88. The van der Waals surface area contributed by atoms with Crippen molar-refractivity contribution < 1.29 is 14.7 Å². The number of piperidine rings is 2. The van der Waals surface area contributed by atoms with Crippen LogP contribution in [0.1, 0.15) is 45.4 Å². The van der Waals surface area contributed by atoms with Gasteiger partial charge in [-0.15, -0.1) is 0 Å². The minimum absolute atomic E-state index is 0.0331. The Morgan fingerprint density at radius 1 is 1.28 bits per heavy atom. The van der Waals surface area contributed by atoms with Gasteiger partial charge >= 0.3 is 5.97 Å². The highest BCUT2D eigenvalue weighted by Gasteiger charge is 2.42. The van der Waals surface area contributed by atoms with Crippen molar-refractivity contribution in [2.75, 3.05) is 13.1 Å². The Bertz CT molecular complexity index is 337. The molecule has 2 rings (SSSR count). The Labute approximate surface area is 108 Å². The quantitative estimate of drug-likeness (QED) is 0.771. The fourth-order valence-electron chi connectivity index (χ4n) is 2.99. The Balaban J connectivity index is 2.12. The summed E-state index contributed by atoms with van der Waals surface area (Å²) in [6.45, 7) is 3.32. The molecule has 2 fully saturated rings. The van der Waals surface area contributed by atoms with Gasteiger partial charge in [0.25, 0.3) is 0 Å². The van der Waals surface area contributed by atoms with Crippen LogP contribution in [0.2, 0.25) is 0 Å². The second-order valence-corrected chi connectivity index (χ2v) is 5.56. The Morgan fingerprint density at radius 3 is 2.67 bits per heavy atom. The highest BCUT2D eigenvalue weighted by Crippen LogP contribution is 2.26. The maximum atomic E-state index is 12.6. The highest BCUT2D eigenvalue weighted by molar-refractivity contribution is 5.90. The predicted octanol–water partition coefficient (Wildman–Crippen LogP) is 0.984. The van der Waals surface area contributed by atoms with E-state index < -0.39 is 17.6 Å². The molecule has 0 bridgehead atoms. The third kappa shape index (κ3) is 2.51. The van der Waals surface area contributed by atoms with E-state index in [-0.39, 0.29) is 5.91 Å². The Kier molecular flexibility index (Phi) is 3.90. The van der Waals surface area contributed by atoms with Crippen molar-refractivity contribution in [3.63, 3.8) is 0 Å². The molecule has 0 saturated carbocycles. The van der Waals surface area contributed by atoms with Crippen LogP contribution in [0.15, 0.2) is 0 Å². The van der Waals surface area contributed by atoms with Crippen LogP contribution in [0.4, 0.5) is 0 Å². The van der Waals surface area contributed by atoms with E-state index in [1.807, 2.05) is 6.92 Å². The average molecular weight is 254 g/mol. The number of hydrogen-bond acceptors (Lipinski definition) is 3.